The Balaban J connectivity index is 2.09. The molecule has 1 rings (SSSR count). The second-order valence-corrected chi connectivity index (χ2v) is 4.14. The molecule has 0 radical (unpaired) electrons. The fourth-order valence-electron chi connectivity index (χ4n) is 1.89. The Morgan fingerprint density at radius 2 is 2.36 bits per heavy atom. The van der Waals surface area contributed by atoms with Crippen LogP contribution < -0.4 is 11.1 Å². The molecule has 1 unspecified atom stereocenters. The summed E-state index contributed by atoms with van der Waals surface area (Å²) in [6.45, 7) is 2.46. The number of amides is 1. The number of hydrogen-bond acceptors (Lipinski definition) is 3. The van der Waals surface area contributed by atoms with Gasteiger partial charge in [-0.1, -0.05) is 6.42 Å². The maximum absolute atomic E-state index is 10.6. The summed E-state index contributed by atoms with van der Waals surface area (Å²) >= 11 is 0. The van der Waals surface area contributed by atoms with Gasteiger partial charge in [0, 0.05) is 6.04 Å². The molecule has 1 fully saturated rings. The van der Waals surface area contributed by atoms with E-state index >= 15 is 0 Å². The number of carbonyl (C=O) groups excluding carboxylic acids is 1. The predicted molar refractivity (Wildman–Crippen MR) is 57.0 cm³/mol. The van der Waals surface area contributed by atoms with Crippen LogP contribution >= 0.6 is 0 Å². The first-order valence-corrected chi connectivity index (χ1v) is 5.38. The molecule has 14 heavy (non-hydrogen) atoms. The molecule has 0 spiro atoms. The van der Waals surface area contributed by atoms with Crippen molar-refractivity contribution in [1.82, 2.24) is 10.2 Å². The maximum Gasteiger partial charge on any atom is 0.231 e. The molecule has 4 nitrogen and oxygen atoms in total. The third kappa shape index (κ3) is 4.58. The molecule has 0 aliphatic carbocycles. The van der Waals surface area contributed by atoms with Crippen LogP contribution in [0.5, 0.6) is 0 Å². The van der Waals surface area contributed by atoms with Gasteiger partial charge in [-0.15, -0.1) is 0 Å². The van der Waals surface area contributed by atoms with Crippen molar-refractivity contribution >= 4 is 5.91 Å². The number of hydrogen-bond donors (Lipinski definition) is 2. The first-order valence-electron chi connectivity index (χ1n) is 5.38. The number of nitrogens with one attached hydrogen (secondary N) is 1. The van der Waals surface area contributed by atoms with Crippen LogP contribution in [0.3, 0.4) is 0 Å². The van der Waals surface area contributed by atoms with E-state index in [0.29, 0.717) is 12.6 Å². The number of rotatable bonds is 5. The molecule has 1 amide bonds. The van der Waals surface area contributed by atoms with Gasteiger partial charge in [0.2, 0.25) is 5.91 Å². The van der Waals surface area contributed by atoms with Crippen LogP contribution in [0.2, 0.25) is 0 Å². The minimum absolute atomic E-state index is 0.246. The molecule has 0 saturated carbocycles. The Kier molecular flexibility index (Phi) is 4.90. The lowest BCUT2D eigenvalue weighted by Gasteiger charge is -2.25. The van der Waals surface area contributed by atoms with Gasteiger partial charge in [-0.2, -0.15) is 0 Å². The second-order valence-electron chi connectivity index (χ2n) is 4.14. The highest BCUT2D eigenvalue weighted by molar-refractivity contribution is 5.75. The number of primary amides is 1. The zero-order valence-electron chi connectivity index (χ0n) is 8.96. The lowest BCUT2D eigenvalue weighted by molar-refractivity contribution is -0.118. The van der Waals surface area contributed by atoms with Gasteiger partial charge in [0.15, 0.2) is 0 Å². The smallest absolute Gasteiger partial charge is 0.231 e. The van der Waals surface area contributed by atoms with Crippen LogP contribution in [-0.4, -0.2) is 43.5 Å². The molecular weight excluding hydrogens is 178 g/mol. The molecule has 1 saturated heterocycles. The third-order valence-corrected chi connectivity index (χ3v) is 2.70. The molecule has 1 aliphatic rings. The molecular formula is C10H21N3O. The van der Waals surface area contributed by atoms with E-state index in [9.17, 15) is 4.79 Å². The van der Waals surface area contributed by atoms with E-state index in [-0.39, 0.29) is 5.91 Å². The first-order chi connectivity index (χ1) is 6.68. The molecule has 0 aromatic carbocycles. The highest BCUT2D eigenvalue weighted by atomic mass is 16.1. The van der Waals surface area contributed by atoms with Gasteiger partial charge in [-0.05, 0) is 39.4 Å². The zero-order valence-corrected chi connectivity index (χ0v) is 8.96. The quantitative estimate of drug-likeness (QED) is 0.652. The van der Waals surface area contributed by atoms with Crippen molar-refractivity contribution in [3.63, 3.8) is 0 Å². The van der Waals surface area contributed by atoms with Gasteiger partial charge in [-0.25, -0.2) is 0 Å². The lowest BCUT2D eigenvalue weighted by atomic mass is 10.0. The first kappa shape index (κ1) is 11.5. The molecule has 0 bridgehead atoms. The molecule has 1 aliphatic heterocycles. The molecule has 1 heterocycles. The number of piperidine rings is 1. The average Bonchev–Trinajstić information content (AvgIpc) is 2.15. The molecule has 1 atom stereocenters. The highest BCUT2D eigenvalue weighted by Gasteiger charge is 2.13. The van der Waals surface area contributed by atoms with E-state index in [1.54, 1.807) is 0 Å². The van der Waals surface area contributed by atoms with Gasteiger partial charge in [0.25, 0.3) is 0 Å². The maximum atomic E-state index is 10.6. The van der Waals surface area contributed by atoms with Crippen LogP contribution in [-0.2, 0) is 4.79 Å². The van der Waals surface area contributed by atoms with E-state index in [1.807, 2.05) is 11.9 Å². The summed E-state index contributed by atoms with van der Waals surface area (Å²) in [7, 11) is 1.94. The Hall–Kier alpha value is -0.610. The van der Waals surface area contributed by atoms with Crippen molar-refractivity contribution in [2.75, 3.05) is 26.7 Å². The van der Waals surface area contributed by atoms with Crippen molar-refractivity contribution in [1.29, 1.82) is 0 Å². The van der Waals surface area contributed by atoms with Crippen molar-refractivity contribution in [3.8, 4) is 0 Å². The SMILES string of the molecule is CN(CCC1CCCCN1)CC(N)=O. The van der Waals surface area contributed by atoms with E-state index in [0.717, 1.165) is 19.5 Å². The zero-order chi connectivity index (χ0) is 10.4. The van der Waals surface area contributed by atoms with Crippen molar-refractivity contribution < 1.29 is 4.79 Å². The van der Waals surface area contributed by atoms with E-state index in [4.69, 9.17) is 5.73 Å². The van der Waals surface area contributed by atoms with E-state index in [2.05, 4.69) is 5.32 Å². The normalized spacial score (nSPS) is 22.6. The summed E-state index contributed by atoms with van der Waals surface area (Å²) in [5, 5.41) is 3.48. The number of likely N-dealkylation sites (N-methyl/N-ethyl adjacent to an activating group) is 1. The second kappa shape index (κ2) is 5.98. The minimum Gasteiger partial charge on any atom is -0.369 e. The van der Waals surface area contributed by atoms with Gasteiger partial charge in [-0.3, -0.25) is 9.69 Å². The number of nitrogens with two attached hydrogens (primary N) is 1. The Morgan fingerprint density at radius 1 is 1.57 bits per heavy atom. The van der Waals surface area contributed by atoms with Crippen molar-refractivity contribution in [2.24, 2.45) is 5.73 Å². The summed E-state index contributed by atoms with van der Waals surface area (Å²) in [4.78, 5) is 12.6. The van der Waals surface area contributed by atoms with Crippen molar-refractivity contribution in [3.05, 3.63) is 0 Å². The van der Waals surface area contributed by atoms with Gasteiger partial charge in [0.1, 0.15) is 0 Å². The minimum atomic E-state index is -0.246. The van der Waals surface area contributed by atoms with E-state index in [1.165, 1.54) is 19.3 Å². The van der Waals surface area contributed by atoms with Crippen LogP contribution in [0, 0.1) is 0 Å². The average molecular weight is 199 g/mol. The van der Waals surface area contributed by atoms with Gasteiger partial charge >= 0.3 is 0 Å². The Morgan fingerprint density at radius 3 is 2.93 bits per heavy atom. The molecule has 3 N–H and O–H groups in total. The molecule has 0 aromatic heterocycles. The van der Waals surface area contributed by atoms with Gasteiger partial charge in [0.05, 0.1) is 6.54 Å². The lowest BCUT2D eigenvalue weighted by Crippen LogP contribution is -2.38. The van der Waals surface area contributed by atoms with Crippen molar-refractivity contribution in [2.45, 2.75) is 31.7 Å². The summed E-state index contributed by atoms with van der Waals surface area (Å²) in [6.07, 6.45) is 5.01. The Labute approximate surface area is 85.8 Å². The number of nitrogens with zero attached hydrogens (tertiary/aromatic N) is 1. The molecule has 0 aromatic rings. The van der Waals surface area contributed by atoms with Crippen LogP contribution in [0.15, 0.2) is 0 Å². The highest BCUT2D eigenvalue weighted by Crippen LogP contribution is 2.09. The van der Waals surface area contributed by atoms with Crippen LogP contribution in [0.1, 0.15) is 25.7 Å². The standard InChI is InChI=1S/C10H21N3O/c1-13(8-10(11)14)7-5-9-4-2-3-6-12-9/h9,12H,2-8H2,1H3,(H2,11,14). The van der Waals surface area contributed by atoms with Crippen LogP contribution in [0.25, 0.3) is 0 Å². The predicted octanol–water partition coefficient (Wildman–Crippen LogP) is -0.0643. The monoisotopic (exact) mass is 199 g/mol. The Bertz CT molecular complexity index is 178. The molecule has 4 heteroatoms. The van der Waals surface area contributed by atoms with Crippen LogP contribution in [0.4, 0.5) is 0 Å². The fraction of sp³-hybridized carbons (Fsp3) is 0.900. The summed E-state index contributed by atoms with van der Waals surface area (Å²) in [6, 6.07) is 0.638. The largest absolute Gasteiger partial charge is 0.369 e. The summed E-state index contributed by atoms with van der Waals surface area (Å²) < 4.78 is 0. The summed E-state index contributed by atoms with van der Waals surface area (Å²) in [5.41, 5.74) is 5.11. The fourth-order valence-corrected chi connectivity index (χ4v) is 1.89. The molecule has 82 valence electrons. The van der Waals surface area contributed by atoms with E-state index < -0.39 is 0 Å². The number of carbonyl (C=O) groups is 1. The van der Waals surface area contributed by atoms with Gasteiger partial charge < -0.3 is 11.1 Å². The third-order valence-electron chi connectivity index (χ3n) is 2.70. The summed E-state index contributed by atoms with van der Waals surface area (Å²) in [5.74, 6) is -0.246. The topological polar surface area (TPSA) is 58.4 Å².